The van der Waals surface area contributed by atoms with Gasteiger partial charge in [-0.05, 0) is 53.0 Å². The molecule has 0 fully saturated rings. The Morgan fingerprint density at radius 3 is 2.47 bits per heavy atom. The van der Waals surface area contributed by atoms with Crippen molar-refractivity contribution in [1.82, 2.24) is 9.78 Å². The minimum absolute atomic E-state index is 0.536. The van der Waals surface area contributed by atoms with Crippen molar-refractivity contribution in [3.63, 3.8) is 0 Å². The van der Waals surface area contributed by atoms with E-state index in [1.807, 2.05) is 43.8 Å². The van der Waals surface area contributed by atoms with Gasteiger partial charge in [0, 0.05) is 17.9 Å². The van der Waals surface area contributed by atoms with E-state index < -0.39 is 6.10 Å². The third-order valence-corrected chi connectivity index (χ3v) is 4.59. The van der Waals surface area contributed by atoms with E-state index in [-0.39, 0.29) is 0 Å². The van der Waals surface area contributed by atoms with Crippen LogP contribution in [0.1, 0.15) is 28.6 Å². The van der Waals surface area contributed by atoms with E-state index in [1.54, 1.807) is 0 Å². The number of hydrogen-bond donors (Lipinski definition) is 1. The van der Waals surface area contributed by atoms with E-state index in [4.69, 9.17) is 0 Å². The number of aliphatic hydroxyl groups is 1. The maximum Gasteiger partial charge on any atom is 0.0846 e. The maximum absolute atomic E-state index is 10.4. The van der Waals surface area contributed by atoms with Gasteiger partial charge in [-0.1, -0.05) is 22.0 Å². The Hall–Kier alpha value is -0.650. The molecular formula is C14H16Br2N2O. The first-order valence-corrected chi connectivity index (χ1v) is 7.60. The Morgan fingerprint density at radius 2 is 1.95 bits per heavy atom. The van der Waals surface area contributed by atoms with Crippen molar-refractivity contribution in [2.75, 3.05) is 0 Å². The summed E-state index contributed by atoms with van der Waals surface area (Å²) in [6.07, 6.45) is -0.00400. The third kappa shape index (κ3) is 3.27. The van der Waals surface area contributed by atoms with Gasteiger partial charge in [-0.2, -0.15) is 5.10 Å². The molecule has 1 unspecified atom stereocenters. The first kappa shape index (κ1) is 14.8. The van der Waals surface area contributed by atoms with E-state index in [0.717, 1.165) is 31.5 Å². The van der Waals surface area contributed by atoms with Crippen LogP contribution in [-0.4, -0.2) is 14.9 Å². The molecule has 2 aromatic rings. The summed E-state index contributed by atoms with van der Waals surface area (Å²) >= 11 is 6.99. The topological polar surface area (TPSA) is 38.1 Å². The summed E-state index contributed by atoms with van der Waals surface area (Å²) in [5, 5.41) is 14.7. The number of benzene rings is 1. The molecule has 3 nitrogen and oxygen atoms in total. The molecular weight excluding hydrogens is 372 g/mol. The molecule has 1 aromatic heterocycles. The monoisotopic (exact) mass is 386 g/mol. The minimum atomic E-state index is -0.540. The number of halogens is 2. The van der Waals surface area contributed by atoms with Crippen LogP contribution in [0.25, 0.3) is 0 Å². The summed E-state index contributed by atoms with van der Waals surface area (Å²) in [6.45, 7) is 3.97. The zero-order chi connectivity index (χ0) is 14.2. The minimum Gasteiger partial charge on any atom is -0.388 e. The highest BCUT2D eigenvalue weighted by Gasteiger charge is 2.16. The zero-order valence-corrected chi connectivity index (χ0v) is 14.3. The van der Waals surface area contributed by atoms with E-state index in [2.05, 4.69) is 37.0 Å². The maximum atomic E-state index is 10.4. The molecule has 0 saturated carbocycles. The molecule has 0 spiro atoms. The highest BCUT2D eigenvalue weighted by Crippen LogP contribution is 2.27. The van der Waals surface area contributed by atoms with Crippen molar-refractivity contribution < 1.29 is 5.11 Å². The van der Waals surface area contributed by atoms with Crippen LogP contribution < -0.4 is 0 Å². The van der Waals surface area contributed by atoms with Crippen molar-refractivity contribution in [3.8, 4) is 0 Å². The molecule has 0 radical (unpaired) electrons. The van der Waals surface area contributed by atoms with Crippen LogP contribution >= 0.6 is 31.9 Å². The largest absolute Gasteiger partial charge is 0.388 e. The molecule has 0 aliphatic heterocycles. The van der Waals surface area contributed by atoms with Crippen LogP contribution in [-0.2, 0) is 13.5 Å². The molecule has 1 atom stereocenters. The highest BCUT2D eigenvalue weighted by atomic mass is 79.9. The lowest BCUT2D eigenvalue weighted by molar-refractivity contribution is 0.175. The van der Waals surface area contributed by atoms with Gasteiger partial charge in [0.1, 0.15) is 0 Å². The van der Waals surface area contributed by atoms with Gasteiger partial charge in [0.05, 0.1) is 22.0 Å². The van der Waals surface area contributed by atoms with Crippen LogP contribution in [0.2, 0.25) is 0 Å². The SMILES string of the molecule is Cc1cc(Br)cc(C(O)Cc2c(Br)c(C)nn2C)c1. The Bertz CT molecular complexity index is 587. The summed E-state index contributed by atoms with van der Waals surface area (Å²) in [6, 6.07) is 5.99. The van der Waals surface area contributed by atoms with Crippen LogP contribution in [0.3, 0.4) is 0 Å². The fraction of sp³-hybridized carbons (Fsp3) is 0.357. The molecule has 1 heterocycles. The highest BCUT2D eigenvalue weighted by molar-refractivity contribution is 9.10. The molecule has 1 N–H and O–H groups in total. The molecule has 102 valence electrons. The standard InChI is InChI=1S/C14H16Br2N2O/c1-8-4-10(6-11(15)5-8)13(19)7-12-14(16)9(2)17-18(12)3/h4-6,13,19H,7H2,1-3H3. The van der Waals surface area contributed by atoms with Crippen LogP contribution in [0, 0.1) is 13.8 Å². The normalized spacial score (nSPS) is 12.7. The number of nitrogens with zero attached hydrogens (tertiary/aromatic N) is 2. The second-order valence-corrected chi connectivity index (χ2v) is 6.46. The van der Waals surface area contributed by atoms with E-state index >= 15 is 0 Å². The Labute approximate surface area is 129 Å². The summed E-state index contributed by atoms with van der Waals surface area (Å²) in [7, 11) is 1.89. The first-order valence-electron chi connectivity index (χ1n) is 6.01. The number of hydrogen-bond acceptors (Lipinski definition) is 2. The fourth-order valence-electron chi connectivity index (χ4n) is 2.16. The predicted molar refractivity (Wildman–Crippen MR) is 83.2 cm³/mol. The second kappa shape index (κ2) is 5.77. The van der Waals surface area contributed by atoms with Gasteiger partial charge in [-0.3, -0.25) is 4.68 Å². The van der Waals surface area contributed by atoms with Crippen molar-refractivity contribution in [2.24, 2.45) is 7.05 Å². The molecule has 0 bridgehead atoms. The zero-order valence-electron chi connectivity index (χ0n) is 11.1. The number of aromatic nitrogens is 2. The summed E-state index contributed by atoms with van der Waals surface area (Å²) in [4.78, 5) is 0. The molecule has 0 aliphatic carbocycles. The number of rotatable bonds is 3. The number of aryl methyl sites for hydroxylation is 3. The van der Waals surface area contributed by atoms with Gasteiger partial charge in [0.2, 0.25) is 0 Å². The second-order valence-electron chi connectivity index (χ2n) is 4.75. The molecule has 1 aromatic carbocycles. The Balaban J connectivity index is 2.27. The Morgan fingerprint density at radius 1 is 1.26 bits per heavy atom. The molecule has 0 amide bonds. The molecule has 19 heavy (non-hydrogen) atoms. The van der Waals surface area contributed by atoms with Gasteiger partial charge < -0.3 is 5.11 Å². The van der Waals surface area contributed by atoms with Gasteiger partial charge in [0.15, 0.2) is 0 Å². The average molecular weight is 388 g/mol. The lowest BCUT2D eigenvalue weighted by Crippen LogP contribution is -2.07. The van der Waals surface area contributed by atoms with Crippen molar-refractivity contribution in [1.29, 1.82) is 0 Å². The predicted octanol–water partition coefficient (Wildman–Crippen LogP) is 3.84. The van der Waals surface area contributed by atoms with Gasteiger partial charge in [0.25, 0.3) is 0 Å². The smallest absolute Gasteiger partial charge is 0.0846 e. The summed E-state index contributed by atoms with van der Waals surface area (Å²) < 4.78 is 3.77. The number of aliphatic hydroxyl groups excluding tert-OH is 1. The Kier molecular flexibility index (Phi) is 4.48. The summed E-state index contributed by atoms with van der Waals surface area (Å²) in [5.74, 6) is 0. The van der Waals surface area contributed by atoms with Crippen LogP contribution in [0.5, 0.6) is 0 Å². The lowest BCUT2D eigenvalue weighted by atomic mass is 10.0. The van der Waals surface area contributed by atoms with Crippen LogP contribution in [0.15, 0.2) is 27.1 Å². The van der Waals surface area contributed by atoms with Crippen molar-refractivity contribution in [2.45, 2.75) is 26.4 Å². The van der Waals surface area contributed by atoms with E-state index in [0.29, 0.717) is 6.42 Å². The molecule has 0 saturated heterocycles. The first-order chi connectivity index (χ1) is 8.88. The van der Waals surface area contributed by atoms with Crippen molar-refractivity contribution >= 4 is 31.9 Å². The van der Waals surface area contributed by atoms with Crippen molar-refractivity contribution in [3.05, 3.63) is 49.7 Å². The van der Waals surface area contributed by atoms with E-state index in [9.17, 15) is 5.11 Å². The average Bonchev–Trinajstić information content (AvgIpc) is 2.54. The van der Waals surface area contributed by atoms with Gasteiger partial charge in [-0.15, -0.1) is 0 Å². The molecule has 2 rings (SSSR count). The molecule has 5 heteroatoms. The van der Waals surface area contributed by atoms with Gasteiger partial charge in [-0.25, -0.2) is 0 Å². The lowest BCUT2D eigenvalue weighted by Gasteiger charge is -2.13. The van der Waals surface area contributed by atoms with E-state index in [1.165, 1.54) is 0 Å². The third-order valence-electron chi connectivity index (χ3n) is 3.10. The fourth-order valence-corrected chi connectivity index (χ4v) is 3.28. The van der Waals surface area contributed by atoms with Crippen LogP contribution in [0.4, 0.5) is 0 Å². The summed E-state index contributed by atoms with van der Waals surface area (Å²) in [5.41, 5.74) is 3.99. The van der Waals surface area contributed by atoms with Gasteiger partial charge >= 0.3 is 0 Å². The quantitative estimate of drug-likeness (QED) is 0.868. The molecule has 0 aliphatic rings.